The van der Waals surface area contributed by atoms with Crippen molar-refractivity contribution in [2.24, 2.45) is 5.41 Å². The molecule has 0 atom stereocenters. The number of nitrogens with one attached hydrogen (secondary N) is 1. The highest BCUT2D eigenvalue weighted by Gasteiger charge is 2.14. The van der Waals surface area contributed by atoms with Crippen LogP contribution in [0, 0.1) is 5.41 Å². The summed E-state index contributed by atoms with van der Waals surface area (Å²) < 4.78 is 23.7. The van der Waals surface area contributed by atoms with E-state index in [1.807, 2.05) is 25.5 Å². The molecule has 0 aliphatic rings. The molecule has 0 spiro atoms. The minimum atomic E-state index is -3.52. The maximum Gasteiger partial charge on any atom is 0.237 e. The van der Waals surface area contributed by atoms with Crippen molar-refractivity contribution in [3.8, 4) is 0 Å². The first kappa shape index (κ1) is 16.6. The molecule has 1 amide bonds. The van der Waals surface area contributed by atoms with E-state index in [9.17, 15) is 13.2 Å². The summed E-state index contributed by atoms with van der Waals surface area (Å²) in [7, 11) is -3.52. The average Bonchev–Trinajstić information content (AvgIpc) is 2.11. The molecule has 104 valence electrons. The summed E-state index contributed by atoms with van der Waals surface area (Å²) in [6.45, 7) is 13.5. The first-order chi connectivity index (χ1) is 7.95. The second-order valence-corrected chi connectivity index (χ2v) is 6.92. The highest BCUT2D eigenvalue weighted by Crippen LogP contribution is 2.26. The van der Waals surface area contributed by atoms with Crippen LogP contribution in [0.5, 0.6) is 0 Å². The van der Waals surface area contributed by atoms with Crippen molar-refractivity contribution in [3.63, 3.8) is 0 Å². The lowest BCUT2D eigenvalue weighted by atomic mass is 9.86. The number of carbonyl (C=O) groups is 1. The van der Waals surface area contributed by atoms with Gasteiger partial charge < -0.3 is 0 Å². The molecule has 0 aromatic rings. The van der Waals surface area contributed by atoms with Gasteiger partial charge in [0.05, 0.1) is 12.7 Å². The quantitative estimate of drug-likeness (QED) is 0.782. The molecule has 0 aliphatic heterocycles. The van der Waals surface area contributed by atoms with E-state index in [2.05, 4.69) is 13.2 Å². The van der Waals surface area contributed by atoms with E-state index in [0.717, 1.165) is 11.8 Å². The zero-order valence-corrected chi connectivity index (χ0v) is 12.2. The third-order valence-corrected chi connectivity index (χ3v) is 2.85. The molecule has 0 aromatic carbocycles. The molecule has 4 nitrogen and oxygen atoms in total. The molecular formula is C13H23NO3S. The van der Waals surface area contributed by atoms with Crippen LogP contribution in [-0.2, 0) is 14.8 Å². The monoisotopic (exact) mass is 273 g/mol. The second kappa shape index (κ2) is 6.00. The minimum absolute atomic E-state index is 0. The molecule has 0 radical (unpaired) electrons. The minimum Gasteiger partial charge on any atom is -0.274 e. The Kier molecular flexibility index (Phi) is 5.55. The average molecular weight is 273 g/mol. The van der Waals surface area contributed by atoms with Gasteiger partial charge in [0.25, 0.3) is 0 Å². The van der Waals surface area contributed by atoms with Crippen molar-refractivity contribution >= 4 is 15.9 Å². The van der Waals surface area contributed by atoms with Crippen LogP contribution in [0.1, 0.15) is 28.6 Å². The highest BCUT2D eigenvalue weighted by molar-refractivity contribution is 7.89. The number of hydrogen-bond donors (Lipinski definition) is 1. The predicted molar refractivity (Wildman–Crippen MR) is 76.6 cm³/mol. The molecule has 0 saturated heterocycles. The number of sulfonamides is 1. The first-order valence-corrected chi connectivity index (χ1v) is 7.38. The fourth-order valence-electron chi connectivity index (χ4n) is 1.05. The van der Waals surface area contributed by atoms with Gasteiger partial charge in [0.2, 0.25) is 15.9 Å². The molecule has 0 saturated carbocycles. The Balaban J connectivity index is 0. The van der Waals surface area contributed by atoms with Gasteiger partial charge in [0.15, 0.2) is 0 Å². The normalized spacial score (nSPS) is 13.0. The molecule has 5 heteroatoms. The van der Waals surface area contributed by atoms with Crippen molar-refractivity contribution in [2.45, 2.75) is 27.2 Å². The summed E-state index contributed by atoms with van der Waals surface area (Å²) in [5, 5.41) is 0. The van der Waals surface area contributed by atoms with Crippen LogP contribution < -0.4 is 4.72 Å². The number of rotatable bonds is 5. The summed E-state index contributed by atoms with van der Waals surface area (Å²) in [6.07, 6.45) is 4.19. The van der Waals surface area contributed by atoms with Gasteiger partial charge in [-0.2, -0.15) is 0 Å². The molecule has 0 aromatic heterocycles. The van der Waals surface area contributed by atoms with Gasteiger partial charge >= 0.3 is 0 Å². The van der Waals surface area contributed by atoms with Gasteiger partial charge in [-0.15, -0.1) is 0 Å². The Bertz CT molecular complexity index is 485. The molecule has 0 rings (SSSR count). The first-order valence-electron chi connectivity index (χ1n) is 5.48. The van der Waals surface area contributed by atoms with Crippen LogP contribution in [0.4, 0.5) is 0 Å². The Hall–Kier alpha value is -1.36. The molecule has 0 aliphatic carbocycles. The fourth-order valence-corrected chi connectivity index (χ4v) is 1.54. The van der Waals surface area contributed by atoms with Crippen molar-refractivity contribution < 1.29 is 14.6 Å². The van der Waals surface area contributed by atoms with Gasteiger partial charge in [-0.1, -0.05) is 46.1 Å². The lowest BCUT2D eigenvalue weighted by molar-refractivity contribution is -0.118. The number of allylic oxidation sites excluding steroid dienone is 3. The molecule has 0 heterocycles. The van der Waals surface area contributed by atoms with Crippen LogP contribution in [0.25, 0.3) is 0 Å². The van der Waals surface area contributed by atoms with Crippen LogP contribution in [-0.4, -0.2) is 20.6 Å². The topological polar surface area (TPSA) is 63.2 Å². The van der Waals surface area contributed by atoms with E-state index in [1.54, 1.807) is 6.08 Å². The van der Waals surface area contributed by atoms with Crippen LogP contribution in [0.2, 0.25) is 0 Å². The highest BCUT2D eigenvalue weighted by atomic mass is 32.2. The summed E-state index contributed by atoms with van der Waals surface area (Å²) in [5.41, 5.74) is 1.38. The van der Waals surface area contributed by atoms with E-state index in [4.69, 9.17) is 0 Å². The summed E-state index contributed by atoms with van der Waals surface area (Å²) in [5.74, 6) is -0.578. The van der Waals surface area contributed by atoms with E-state index in [1.165, 1.54) is 6.08 Å². The summed E-state index contributed by atoms with van der Waals surface area (Å²) in [4.78, 5) is 11.5. The SMILES string of the molecule is C=C/C(=C\C(=C)C(C)(C)C)CC(=O)NS(C)(=O)=O.[HH]. The Morgan fingerprint density at radius 3 is 2.22 bits per heavy atom. The number of carbonyl (C=O) groups excluding carboxylic acids is 1. The second-order valence-electron chi connectivity index (χ2n) is 5.17. The van der Waals surface area contributed by atoms with Gasteiger partial charge in [0, 0.05) is 1.43 Å². The number of hydrogen-bond acceptors (Lipinski definition) is 3. The van der Waals surface area contributed by atoms with Crippen molar-refractivity contribution in [1.82, 2.24) is 4.72 Å². The van der Waals surface area contributed by atoms with E-state index < -0.39 is 15.9 Å². The molecule has 0 bridgehead atoms. The van der Waals surface area contributed by atoms with Gasteiger partial charge in [-0.05, 0) is 16.6 Å². The lowest BCUT2D eigenvalue weighted by Gasteiger charge is -2.19. The summed E-state index contributed by atoms with van der Waals surface area (Å²) in [6, 6.07) is 0. The summed E-state index contributed by atoms with van der Waals surface area (Å²) >= 11 is 0. The van der Waals surface area contributed by atoms with Gasteiger partial charge in [-0.25, -0.2) is 8.42 Å². The smallest absolute Gasteiger partial charge is 0.237 e. The van der Waals surface area contributed by atoms with Crippen molar-refractivity contribution in [3.05, 3.63) is 36.5 Å². The Morgan fingerprint density at radius 2 is 1.89 bits per heavy atom. The molecule has 18 heavy (non-hydrogen) atoms. The zero-order valence-electron chi connectivity index (χ0n) is 11.4. The number of amides is 1. The molecule has 0 fully saturated rings. The lowest BCUT2D eigenvalue weighted by Crippen LogP contribution is -2.29. The van der Waals surface area contributed by atoms with Gasteiger partial charge in [0.1, 0.15) is 0 Å². The fraction of sp³-hybridized carbons (Fsp3) is 0.462. The van der Waals surface area contributed by atoms with Crippen LogP contribution >= 0.6 is 0 Å². The standard InChI is InChI=1S/C13H21NO3S.H2/c1-7-11(8-10(2)13(3,4)5)9-12(15)14-18(6,16)17;/h7-8H,1-2,9H2,3-6H3,(H,14,15);1H/b11-8+;. The zero-order chi connectivity index (χ0) is 14.6. The van der Waals surface area contributed by atoms with Crippen molar-refractivity contribution in [1.29, 1.82) is 0 Å². The largest absolute Gasteiger partial charge is 0.274 e. The third kappa shape index (κ3) is 7.06. The van der Waals surface area contributed by atoms with Gasteiger partial charge in [-0.3, -0.25) is 9.52 Å². The maximum absolute atomic E-state index is 11.5. The molecule has 1 N–H and O–H groups in total. The third-order valence-electron chi connectivity index (χ3n) is 2.25. The van der Waals surface area contributed by atoms with E-state index in [-0.39, 0.29) is 13.3 Å². The molecular weight excluding hydrogens is 250 g/mol. The predicted octanol–water partition coefficient (Wildman–Crippen LogP) is 2.41. The molecule has 0 unspecified atom stereocenters. The Labute approximate surface area is 111 Å². The van der Waals surface area contributed by atoms with E-state index >= 15 is 0 Å². The maximum atomic E-state index is 11.5. The van der Waals surface area contributed by atoms with Crippen LogP contribution in [0.3, 0.4) is 0 Å². The Morgan fingerprint density at radius 1 is 1.39 bits per heavy atom. The van der Waals surface area contributed by atoms with E-state index in [0.29, 0.717) is 5.57 Å². The van der Waals surface area contributed by atoms with Crippen LogP contribution in [0.15, 0.2) is 36.5 Å². The van der Waals surface area contributed by atoms with Crippen molar-refractivity contribution in [2.75, 3.05) is 6.26 Å².